The van der Waals surface area contributed by atoms with Crippen molar-refractivity contribution in [2.24, 2.45) is 11.7 Å². The largest absolute Gasteiger partial charge is 0.400 e. The van der Waals surface area contributed by atoms with Gasteiger partial charge < -0.3 is 15.7 Å². The Kier molecular flexibility index (Phi) is 13.2. The summed E-state index contributed by atoms with van der Waals surface area (Å²) in [6, 6.07) is 17.4. The van der Waals surface area contributed by atoms with Crippen LogP contribution in [0.4, 0.5) is 0 Å². The van der Waals surface area contributed by atoms with Crippen LogP contribution in [0.2, 0.25) is 10.0 Å². The van der Waals surface area contributed by atoms with E-state index in [2.05, 4.69) is 13.5 Å². The Labute approximate surface area is 196 Å². The third-order valence-electron chi connectivity index (χ3n) is 5.30. The Balaban J connectivity index is 0.000000447. The average Bonchev–Trinajstić information content (AvgIpc) is 2.80. The van der Waals surface area contributed by atoms with Crippen LogP contribution < -0.4 is 5.73 Å². The number of piperidine rings is 1. The second-order valence-corrected chi connectivity index (χ2v) is 8.08. The van der Waals surface area contributed by atoms with Crippen molar-refractivity contribution in [3.63, 3.8) is 0 Å². The van der Waals surface area contributed by atoms with Crippen LogP contribution in [0, 0.1) is 5.92 Å². The number of hydrogen-bond donors (Lipinski definition) is 2. The summed E-state index contributed by atoms with van der Waals surface area (Å²) in [4.78, 5) is 14.9. The van der Waals surface area contributed by atoms with Gasteiger partial charge in [0.25, 0.3) is 0 Å². The third-order valence-corrected chi connectivity index (χ3v) is 5.81. The summed E-state index contributed by atoms with van der Waals surface area (Å²) < 4.78 is 0. The number of halogens is 2. The number of nitrogens with two attached hydrogens (primary N) is 1. The Morgan fingerprint density at radius 1 is 1.10 bits per heavy atom. The smallest absolute Gasteiger partial charge is 0.226 e. The van der Waals surface area contributed by atoms with Crippen molar-refractivity contribution in [2.75, 3.05) is 13.7 Å². The Bertz CT molecular complexity index is 765. The fourth-order valence-corrected chi connectivity index (χ4v) is 4.02. The maximum Gasteiger partial charge on any atom is 0.226 e. The lowest BCUT2D eigenvalue weighted by Crippen LogP contribution is -2.51. The molecular formula is C25H34Cl2N2O2. The summed E-state index contributed by atoms with van der Waals surface area (Å²) >= 11 is 11.5. The molecular weight excluding hydrogens is 431 g/mol. The van der Waals surface area contributed by atoms with Crippen molar-refractivity contribution in [1.82, 2.24) is 4.90 Å². The standard InChI is InChI=1S/C18H25ClN2O.C6H5Cl.CH4O/c1-3-5-14-8-11-17(13-6-9-15(19)10-7-13)21(18(14)22)16(4-2)12-20;7-6-4-2-1-3-5-6;1-2/h3,6-7,9-10,14,16-17H,1,4-5,8,11-12,20H2,2H3;1-5H;2H,1H3. The number of allylic oxidation sites excluding steroid dienone is 1. The van der Waals surface area contributed by atoms with E-state index in [9.17, 15) is 4.79 Å². The number of carbonyl (C=O) groups excluding carboxylic acids is 1. The number of amides is 1. The molecule has 3 rings (SSSR count). The van der Waals surface area contributed by atoms with Gasteiger partial charge in [-0.15, -0.1) is 6.58 Å². The van der Waals surface area contributed by atoms with Gasteiger partial charge in [-0.2, -0.15) is 0 Å². The summed E-state index contributed by atoms with van der Waals surface area (Å²) in [5.74, 6) is 0.255. The Hall–Kier alpha value is -1.85. The van der Waals surface area contributed by atoms with Crippen molar-refractivity contribution >= 4 is 29.1 Å². The van der Waals surface area contributed by atoms with Crippen molar-refractivity contribution in [1.29, 1.82) is 0 Å². The first-order chi connectivity index (χ1) is 15.0. The molecule has 0 bridgehead atoms. The molecule has 3 atom stereocenters. The van der Waals surface area contributed by atoms with Crippen molar-refractivity contribution in [3.8, 4) is 0 Å². The summed E-state index contributed by atoms with van der Waals surface area (Å²) in [7, 11) is 1.00. The molecule has 1 fully saturated rings. The highest BCUT2D eigenvalue weighted by molar-refractivity contribution is 6.30. The molecule has 170 valence electrons. The molecule has 0 saturated carbocycles. The number of aliphatic hydroxyl groups is 1. The molecule has 3 N–H and O–H groups in total. The first-order valence-electron chi connectivity index (χ1n) is 10.6. The lowest BCUT2D eigenvalue weighted by Gasteiger charge is -2.43. The molecule has 1 amide bonds. The first kappa shape index (κ1) is 27.2. The van der Waals surface area contributed by atoms with Crippen molar-refractivity contribution in [3.05, 3.63) is 82.9 Å². The predicted molar refractivity (Wildman–Crippen MR) is 131 cm³/mol. The average molecular weight is 465 g/mol. The minimum absolute atomic E-state index is 0.0432. The van der Waals surface area contributed by atoms with Gasteiger partial charge in [0.05, 0.1) is 6.04 Å². The van der Waals surface area contributed by atoms with E-state index in [1.165, 1.54) is 0 Å². The number of rotatable bonds is 6. The van der Waals surface area contributed by atoms with E-state index in [0.29, 0.717) is 11.6 Å². The van der Waals surface area contributed by atoms with Crippen LogP contribution in [0.3, 0.4) is 0 Å². The molecule has 1 heterocycles. The highest BCUT2D eigenvalue weighted by Gasteiger charge is 2.38. The highest BCUT2D eigenvalue weighted by atomic mass is 35.5. The molecule has 31 heavy (non-hydrogen) atoms. The maximum atomic E-state index is 12.9. The van der Waals surface area contributed by atoms with E-state index >= 15 is 0 Å². The molecule has 2 aromatic rings. The third kappa shape index (κ3) is 8.30. The van der Waals surface area contributed by atoms with Crippen LogP contribution in [-0.2, 0) is 4.79 Å². The van der Waals surface area contributed by atoms with Gasteiger partial charge in [-0.05, 0) is 55.5 Å². The molecule has 6 heteroatoms. The Morgan fingerprint density at radius 3 is 2.13 bits per heavy atom. The Morgan fingerprint density at radius 2 is 1.68 bits per heavy atom. The molecule has 0 radical (unpaired) electrons. The van der Waals surface area contributed by atoms with E-state index in [1.807, 2.05) is 65.6 Å². The van der Waals surface area contributed by atoms with E-state index in [-0.39, 0.29) is 23.9 Å². The zero-order chi connectivity index (χ0) is 23.2. The zero-order valence-corrected chi connectivity index (χ0v) is 19.9. The van der Waals surface area contributed by atoms with Crippen LogP contribution in [0.1, 0.15) is 44.2 Å². The van der Waals surface area contributed by atoms with Crippen molar-refractivity contribution < 1.29 is 9.90 Å². The number of carbonyl (C=O) groups is 1. The minimum atomic E-state index is 0.0432. The number of hydrogen-bond acceptors (Lipinski definition) is 3. The van der Waals surface area contributed by atoms with Crippen LogP contribution >= 0.6 is 23.2 Å². The summed E-state index contributed by atoms with van der Waals surface area (Å²) in [6.45, 7) is 6.35. The van der Waals surface area contributed by atoms with E-state index in [0.717, 1.165) is 43.4 Å². The van der Waals surface area contributed by atoms with Gasteiger partial charge in [0, 0.05) is 35.7 Å². The normalized spacial score (nSPS) is 18.8. The molecule has 4 nitrogen and oxygen atoms in total. The molecule has 1 aliphatic rings. The summed E-state index contributed by atoms with van der Waals surface area (Å²) in [6.07, 6.45) is 5.31. The lowest BCUT2D eigenvalue weighted by atomic mass is 9.85. The van der Waals surface area contributed by atoms with E-state index in [1.54, 1.807) is 0 Å². The second kappa shape index (κ2) is 15.0. The number of aliphatic hydroxyl groups excluding tert-OH is 1. The second-order valence-electron chi connectivity index (χ2n) is 7.20. The number of likely N-dealkylation sites (tertiary alicyclic amines) is 1. The van der Waals surface area contributed by atoms with Gasteiger partial charge in [-0.25, -0.2) is 0 Å². The number of nitrogens with zero attached hydrogens (tertiary/aromatic N) is 1. The summed E-state index contributed by atoms with van der Waals surface area (Å²) in [5, 5.41) is 8.51. The first-order valence-corrected chi connectivity index (χ1v) is 11.3. The van der Waals surface area contributed by atoms with Gasteiger partial charge in [-0.1, -0.05) is 66.5 Å². The van der Waals surface area contributed by atoms with Gasteiger partial charge in [0.2, 0.25) is 5.91 Å². The van der Waals surface area contributed by atoms with E-state index < -0.39 is 0 Å². The van der Waals surface area contributed by atoms with Crippen LogP contribution in [0.25, 0.3) is 0 Å². The zero-order valence-electron chi connectivity index (χ0n) is 18.4. The van der Waals surface area contributed by atoms with Gasteiger partial charge >= 0.3 is 0 Å². The maximum absolute atomic E-state index is 12.9. The molecule has 3 unspecified atom stereocenters. The molecule has 0 aliphatic carbocycles. The molecule has 1 saturated heterocycles. The van der Waals surface area contributed by atoms with Crippen LogP contribution in [0.15, 0.2) is 67.3 Å². The molecule has 2 aromatic carbocycles. The fourth-order valence-electron chi connectivity index (χ4n) is 3.74. The fraction of sp³-hybridized carbons (Fsp3) is 0.400. The predicted octanol–water partition coefficient (Wildman–Crippen LogP) is 5.88. The van der Waals surface area contributed by atoms with Crippen LogP contribution in [0.5, 0.6) is 0 Å². The van der Waals surface area contributed by atoms with Crippen molar-refractivity contribution in [2.45, 2.75) is 44.7 Å². The SMILES string of the molecule is C=CCC1CCC(c2ccc(Cl)cc2)N(C(CC)CN)C1=O.CO.Clc1ccccc1. The lowest BCUT2D eigenvalue weighted by molar-refractivity contribution is -0.145. The topological polar surface area (TPSA) is 66.6 Å². The number of benzene rings is 2. The summed E-state index contributed by atoms with van der Waals surface area (Å²) in [5.41, 5.74) is 7.07. The molecule has 1 aliphatic heterocycles. The van der Waals surface area contributed by atoms with Gasteiger partial charge in [-0.3, -0.25) is 4.79 Å². The minimum Gasteiger partial charge on any atom is -0.400 e. The quantitative estimate of drug-likeness (QED) is 0.524. The van der Waals surface area contributed by atoms with Crippen LogP contribution in [-0.4, -0.2) is 35.6 Å². The molecule has 0 aromatic heterocycles. The van der Waals surface area contributed by atoms with Gasteiger partial charge in [0.15, 0.2) is 0 Å². The highest BCUT2D eigenvalue weighted by Crippen LogP contribution is 2.37. The van der Waals surface area contributed by atoms with E-state index in [4.69, 9.17) is 34.0 Å². The monoisotopic (exact) mass is 464 g/mol. The van der Waals surface area contributed by atoms with Gasteiger partial charge in [0.1, 0.15) is 0 Å². The molecule has 0 spiro atoms.